The van der Waals surface area contributed by atoms with Crippen LogP contribution >= 0.6 is 46.1 Å². The standard InChI is InChI=1S/C21H11Cl3N2O2S/c22-13-1-3-17(24)11(5-13)7-15-9-26-10-18(25-21(26)29-15)16-8-12-6-14(23)2-4-19(12)28-20(16)27/h1-6,8-10H,7H2. The fourth-order valence-corrected chi connectivity index (χ4v) is 4.74. The number of nitrogens with zero attached hydrogens (tertiary/aromatic N) is 2. The van der Waals surface area contributed by atoms with Gasteiger partial charge in [0.15, 0.2) is 4.96 Å². The highest BCUT2D eigenvalue weighted by Crippen LogP contribution is 2.29. The summed E-state index contributed by atoms with van der Waals surface area (Å²) in [6.07, 6.45) is 4.45. The molecule has 2 aromatic carbocycles. The van der Waals surface area contributed by atoms with E-state index >= 15 is 0 Å². The van der Waals surface area contributed by atoms with Gasteiger partial charge in [-0.3, -0.25) is 4.40 Å². The quantitative estimate of drug-likeness (QED) is 0.280. The maximum atomic E-state index is 12.4. The first-order valence-electron chi connectivity index (χ1n) is 8.61. The van der Waals surface area contributed by atoms with Crippen LogP contribution in [-0.4, -0.2) is 9.38 Å². The second-order valence-corrected chi connectivity index (χ2v) is 8.93. The lowest BCUT2D eigenvalue weighted by Crippen LogP contribution is -2.02. The van der Waals surface area contributed by atoms with Crippen molar-refractivity contribution in [1.29, 1.82) is 0 Å². The van der Waals surface area contributed by atoms with Crippen LogP contribution in [0.15, 0.2) is 64.1 Å². The molecule has 0 radical (unpaired) electrons. The van der Waals surface area contributed by atoms with Gasteiger partial charge in [-0.15, -0.1) is 11.3 Å². The van der Waals surface area contributed by atoms with Gasteiger partial charge in [0.2, 0.25) is 0 Å². The number of thiazole rings is 1. The van der Waals surface area contributed by atoms with Gasteiger partial charge in [-0.2, -0.15) is 0 Å². The number of rotatable bonds is 3. The van der Waals surface area contributed by atoms with Crippen LogP contribution in [-0.2, 0) is 6.42 Å². The van der Waals surface area contributed by atoms with Crippen molar-refractivity contribution in [3.63, 3.8) is 0 Å². The Labute approximate surface area is 183 Å². The molecule has 0 spiro atoms. The molecule has 144 valence electrons. The van der Waals surface area contributed by atoms with Crippen LogP contribution in [0.2, 0.25) is 15.1 Å². The summed E-state index contributed by atoms with van der Waals surface area (Å²) in [5.41, 5.74) is 1.96. The van der Waals surface area contributed by atoms with Gasteiger partial charge in [-0.05, 0) is 48.0 Å². The van der Waals surface area contributed by atoms with Crippen molar-refractivity contribution in [3.8, 4) is 11.3 Å². The van der Waals surface area contributed by atoms with Crippen molar-refractivity contribution in [2.75, 3.05) is 0 Å². The van der Waals surface area contributed by atoms with Crippen molar-refractivity contribution in [2.24, 2.45) is 0 Å². The van der Waals surface area contributed by atoms with E-state index in [1.165, 1.54) is 11.3 Å². The van der Waals surface area contributed by atoms with Crippen LogP contribution < -0.4 is 5.63 Å². The third-order valence-electron chi connectivity index (χ3n) is 4.55. The third kappa shape index (κ3) is 3.55. The van der Waals surface area contributed by atoms with E-state index in [1.807, 2.05) is 22.9 Å². The minimum Gasteiger partial charge on any atom is -0.422 e. The predicted octanol–water partition coefficient (Wildman–Crippen LogP) is 6.72. The van der Waals surface area contributed by atoms with Crippen LogP contribution in [0.1, 0.15) is 10.4 Å². The summed E-state index contributed by atoms with van der Waals surface area (Å²) in [5.74, 6) is 0. The Morgan fingerprint density at radius 3 is 2.62 bits per heavy atom. The molecule has 0 aliphatic heterocycles. The number of aromatic nitrogens is 2. The first-order valence-corrected chi connectivity index (χ1v) is 10.6. The molecule has 5 rings (SSSR count). The van der Waals surface area contributed by atoms with Crippen molar-refractivity contribution < 1.29 is 4.42 Å². The number of benzene rings is 2. The highest BCUT2D eigenvalue weighted by atomic mass is 35.5. The fourth-order valence-electron chi connectivity index (χ4n) is 3.19. The maximum Gasteiger partial charge on any atom is 0.345 e. The third-order valence-corrected chi connectivity index (χ3v) is 6.38. The van der Waals surface area contributed by atoms with Crippen molar-refractivity contribution in [1.82, 2.24) is 9.38 Å². The lowest BCUT2D eigenvalue weighted by Gasteiger charge is -2.02. The number of imidazole rings is 1. The Morgan fingerprint density at radius 2 is 1.79 bits per heavy atom. The summed E-state index contributed by atoms with van der Waals surface area (Å²) in [7, 11) is 0. The highest BCUT2D eigenvalue weighted by Gasteiger charge is 2.14. The Balaban J connectivity index is 1.52. The second kappa shape index (κ2) is 7.18. The van der Waals surface area contributed by atoms with E-state index in [-0.39, 0.29) is 0 Å². The van der Waals surface area contributed by atoms with Gasteiger partial charge in [0.05, 0.1) is 11.3 Å². The van der Waals surface area contributed by atoms with Crippen LogP contribution in [0.3, 0.4) is 0 Å². The molecule has 0 amide bonds. The van der Waals surface area contributed by atoms with E-state index < -0.39 is 5.63 Å². The molecule has 29 heavy (non-hydrogen) atoms. The number of halogens is 3. The predicted molar refractivity (Wildman–Crippen MR) is 119 cm³/mol. The van der Waals surface area contributed by atoms with Crippen LogP contribution in [0.4, 0.5) is 0 Å². The Hall–Kier alpha value is -2.31. The second-order valence-electron chi connectivity index (χ2n) is 6.56. The summed E-state index contributed by atoms with van der Waals surface area (Å²) >= 11 is 19.9. The SMILES string of the molecule is O=c1oc2ccc(Cl)cc2cc1-c1cn2cc(Cc3cc(Cl)ccc3Cl)sc2n1. The van der Waals surface area contributed by atoms with Crippen LogP contribution in [0.5, 0.6) is 0 Å². The molecule has 0 fully saturated rings. The average Bonchev–Trinajstić information content (AvgIpc) is 3.23. The maximum absolute atomic E-state index is 12.4. The van der Waals surface area contributed by atoms with E-state index in [0.29, 0.717) is 38.3 Å². The minimum absolute atomic E-state index is 0.398. The highest BCUT2D eigenvalue weighted by molar-refractivity contribution is 7.17. The fraction of sp³-hybridized carbons (Fsp3) is 0.0476. The molecule has 0 bridgehead atoms. The molecular formula is C21H11Cl3N2O2S. The topological polar surface area (TPSA) is 47.5 Å². The summed E-state index contributed by atoms with van der Waals surface area (Å²) < 4.78 is 7.31. The number of hydrogen-bond donors (Lipinski definition) is 0. The van der Waals surface area contributed by atoms with Crippen molar-refractivity contribution >= 4 is 62.1 Å². The molecule has 0 atom stereocenters. The van der Waals surface area contributed by atoms with Crippen LogP contribution in [0, 0.1) is 0 Å². The summed E-state index contributed by atoms with van der Waals surface area (Å²) in [6.45, 7) is 0. The molecule has 4 nitrogen and oxygen atoms in total. The summed E-state index contributed by atoms with van der Waals surface area (Å²) in [6, 6.07) is 12.3. The van der Waals surface area contributed by atoms with Gasteiger partial charge in [0, 0.05) is 44.1 Å². The lowest BCUT2D eigenvalue weighted by atomic mass is 10.1. The smallest absolute Gasteiger partial charge is 0.345 e. The molecule has 3 heterocycles. The Kier molecular flexibility index (Phi) is 4.63. The Morgan fingerprint density at radius 1 is 1.00 bits per heavy atom. The molecule has 0 N–H and O–H groups in total. The number of fused-ring (bicyclic) bond motifs is 2. The zero-order chi connectivity index (χ0) is 20.1. The van der Waals surface area contributed by atoms with E-state index in [2.05, 4.69) is 4.98 Å². The molecule has 3 aromatic heterocycles. The summed E-state index contributed by atoms with van der Waals surface area (Å²) in [4.78, 5) is 18.9. The Bertz CT molecular complexity index is 1420. The largest absolute Gasteiger partial charge is 0.422 e. The molecule has 0 unspecified atom stereocenters. The van der Waals surface area contributed by atoms with Crippen molar-refractivity contribution in [2.45, 2.75) is 6.42 Å². The molecule has 8 heteroatoms. The molecule has 0 saturated carbocycles. The zero-order valence-corrected chi connectivity index (χ0v) is 17.7. The first-order chi connectivity index (χ1) is 14.0. The number of hydrogen-bond acceptors (Lipinski definition) is 4. The van der Waals surface area contributed by atoms with Gasteiger partial charge in [-0.25, -0.2) is 9.78 Å². The molecule has 0 aliphatic rings. The van der Waals surface area contributed by atoms with Crippen LogP contribution in [0.25, 0.3) is 27.2 Å². The van der Waals surface area contributed by atoms with Gasteiger partial charge in [-0.1, -0.05) is 34.8 Å². The van der Waals surface area contributed by atoms with Gasteiger partial charge in [0.25, 0.3) is 0 Å². The van der Waals surface area contributed by atoms with E-state index in [0.717, 1.165) is 20.8 Å². The molecular weight excluding hydrogens is 451 g/mol. The zero-order valence-electron chi connectivity index (χ0n) is 14.7. The summed E-state index contributed by atoms with van der Waals surface area (Å²) in [5, 5.41) is 2.65. The van der Waals surface area contributed by atoms with Gasteiger partial charge in [0.1, 0.15) is 5.58 Å². The van der Waals surface area contributed by atoms with Crippen molar-refractivity contribution in [3.05, 3.63) is 90.8 Å². The average molecular weight is 462 g/mol. The molecule has 5 aromatic rings. The lowest BCUT2D eigenvalue weighted by molar-refractivity contribution is 0.563. The van der Waals surface area contributed by atoms with Gasteiger partial charge < -0.3 is 4.42 Å². The molecule has 0 saturated heterocycles. The normalized spacial score (nSPS) is 11.6. The van der Waals surface area contributed by atoms with E-state index in [1.54, 1.807) is 36.4 Å². The monoisotopic (exact) mass is 460 g/mol. The van der Waals surface area contributed by atoms with Gasteiger partial charge >= 0.3 is 5.63 Å². The van der Waals surface area contributed by atoms with E-state index in [4.69, 9.17) is 39.2 Å². The first kappa shape index (κ1) is 18.7. The van der Waals surface area contributed by atoms with E-state index in [9.17, 15) is 4.79 Å². The molecule has 0 aliphatic carbocycles. The minimum atomic E-state index is -0.434.